The summed E-state index contributed by atoms with van der Waals surface area (Å²) in [7, 11) is 0. The van der Waals surface area contributed by atoms with E-state index >= 15 is 0 Å². The summed E-state index contributed by atoms with van der Waals surface area (Å²) in [5.41, 5.74) is 4.49. The largest absolute Gasteiger partial charge is 0.392 e. The number of anilines is 1. The van der Waals surface area contributed by atoms with Gasteiger partial charge in [0.15, 0.2) is 5.15 Å². The molecule has 8 heteroatoms. The van der Waals surface area contributed by atoms with E-state index in [4.69, 9.17) is 40.5 Å². The van der Waals surface area contributed by atoms with Crippen LogP contribution >= 0.6 is 34.8 Å². The van der Waals surface area contributed by atoms with E-state index in [9.17, 15) is 10.1 Å². The van der Waals surface area contributed by atoms with Crippen LogP contribution in [0.4, 0.5) is 11.4 Å². The van der Waals surface area contributed by atoms with Gasteiger partial charge in [0, 0.05) is 0 Å². The summed E-state index contributed by atoms with van der Waals surface area (Å²) in [6.07, 6.45) is 0. The van der Waals surface area contributed by atoms with Gasteiger partial charge >= 0.3 is 5.69 Å². The van der Waals surface area contributed by atoms with Crippen molar-refractivity contribution >= 4 is 46.2 Å². The van der Waals surface area contributed by atoms with Crippen molar-refractivity contribution in [2.75, 3.05) is 5.73 Å². The maximum Gasteiger partial charge on any atom is 0.330 e. The van der Waals surface area contributed by atoms with E-state index < -0.39 is 10.6 Å². The van der Waals surface area contributed by atoms with Crippen molar-refractivity contribution in [1.82, 2.24) is 4.98 Å². The van der Waals surface area contributed by atoms with E-state index in [0.29, 0.717) is 0 Å². The van der Waals surface area contributed by atoms with Gasteiger partial charge < -0.3 is 5.73 Å². The lowest BCUT2D eigenvalue weighted by Crippen LogP contribution is -1.99. The molecule has 0 atom stereocenters. The second kappa shape index (κ2) is 3.53. The number of aromatic nitrogens is 1. The number of rotatable bonds is 1. The second-order valence-corrected chi connectivity index (χ2v) is 3.12. The molecule has 0 saturated heterocycles. The fourth-order valence-corrected chi connectivity index (χ4v) is 1.30. The number of hydrogen-bond acceptors (Lipinski definition) is 4. The number of hydrogen-bond donors (Lipinski definition) is 1. The number of nitrogens with two attached hydrogens (primary N) is 1. The van der Waals surface area contributed by atoms with Gasteiger partial charge in [-0.1, -0.05) is 34.8 Å². The molecule has 1 heterocycles. The number of nitrogens with zero attached hydrogens (tertiary/aromatic N) is 2. The molecule has 0 aliphatic rings. The topological polar surface area (TPSA) is 82.0 Å². The van der Waals surface area contributed by atoms with E-state index in [-0.39, 0.29) is 21.0 Å². The van der Waals surface area contributed by atoms with Gasteiger partial charge in [-0.3, -0.25) is 10.1 Å². The van der Waals surface area contributed by atoms with Crippen LogP contribution in [0.25, 0.3) is 0 Å². The van der Waals surface area contributed by atoms with E-state index in [1.165, 1.54) is 0 Å². The van der Waals surface area contributed by atoms with Crippen LogP contribution < -0.4 is 5.73 Å². The van der Waals surface area contributed by atoms with Crippen molar-refractivity contribution in [2.24, 2.45) is 0 Å². The maximum atomic E-state index is 10.4. The zero-order chi connectivity index (χ0) is 10.2. The summed E-state index contributed by atoms with van der Waals surface area (Å²) in [5, 5.41) is 9.70. The molecule has 0 aliphatic heterocycles. The molecule has 2 N–H and O–H groups in total. The summed E-state index contributed by atoms with van der Waals surface area (Å²) in [6.45, 7) is 0. The quantitative estimate of drug-likeness (QED) is 0.466. The van der Waals surface area contributed by atoms with Gasteiger partial charge in [-0.15, -0.1) is 0 Å². The molecular weight excluding hydrogens is 240 g/mol. The van der Waals surface area contributed by atoms with Crippen molar-refractivity contribution in [2.45, 2.75) is 0 Å². The summed E-state index contributed by atoms with van der Waals surface area (Å²) in [5.74, 6) is 0. The third-order valence-electron chi connectivity index (χ3n) is 1.25. The Morgan fingerprint density at radius 3 is 2.31 bits per heavy atom. The van der Waals surface area contributed by atoms with Gasteiger partial charge in [0.1, 0.15) is 10.7 Å². The van der Waals surface area contributed by atoms with Crippen LogP contribution in [0, 0.1) is 10.1 Å². The lowest BCUT2D eigenvalue weighted by Gasteiger charge is -2.02. The number of pyridine rings is 1. The predicted molar refractivity (Wildman–Crippen MR) is 50.3 cm³/mol. The molecule has 0 aromatic carbocycles. The number of nitro groups is 1. The normalized spacial score (nSPS) is 10.1. The number of nitrogen functional groups attached to an aromatic ring is 1. The fourth-order valence-electron chi connectivity index (χ4n) is 0.688. The molecule has 0 amide bonds. The van der Waals surface area contributed by atoms with Gasteiger partial charge in [0.25, 0.3) is 0 Å². The minimum Gasteiger partial charge on any atom is -0.392 e. The molecule has 5 nitrogen and oxygen atoms in total. The van der Waals surface area contributed by atoms with Gasteiger partial charge in [-0.05, 0) is 0 Å². The average molecular weight is 242 g/mol. The van der Waals surface area contributed by atoms with E-state index in [0.717, 1.165) is 0 Å². The van der Waals surface area contributed by atoms with Gasteiger partial charge in [0.05, 0.1) is 4.92 Å². The Kier molecular flexibility index (Phi) is 2.80. The first-order valence-electron chi connectivity index (χ1n) is 2.89. The first-order chi connectivity index (χ1) is 5.95. The molecule has 1 aromatic rings. The molecule has 0 bridgehead atoms. The van der Waals surface area contributed by atoms with Crippen molar-refractivity contribution in [1.29, 1.82) is 0 Å². The highest BCUT2D eigenvalue weighted by Crippen LogP contribution is 2.38. The van der Waals surface area contributed by atoms with Gasteiger partial charge in [0.2, 0.25) is 5.15 Å². The average Bonchev–Trinajstić information content (AvgIpc) is 1.99. The highest BCUT2D eigenvalue weighted by atomic mass is 35.5. The first-order valence-corrected chi connectivity index (χ1v) is 4.03. The Morgan fingerprint density at radius 1 is 1.31 bits per heavy atom. The molecule has 0 unspecified atom stereocenters. The molecule has 13 heavy (non-hydrogen) atoms. The molecule has 0 aliphatic carbocycles. The third-order valence-corrected chi connectivity index (χ3v) is 2.26. The zero-order valence-corrected chi connectivity index (χ0v) is 8.19. The number of halogens is 3. The Balaban J connectivity index is 3.53. The van der Waals surface area contributed by atoms with E-state index in [1.54, 1.807) is 0 Å². The standard InChI is InChI=1S/C5H2Cl3N3O2/c6-1-2(9)3(11(12)13)5(8)10-4(1)7/h(H2,9,10). The Bertz CT molecular complexity index is 382. The molecular formula is C5H2Cl3N3O2. The second-order valence-electron chi connectivity index (χ2n) is 2.03. The minimum atomic E-state index is -0.771. The smallest absolute Gasteiger partial charge is 0.330 e. The molecule has 0 spiro atoms. The Hall–Kier alpha value is -0.780. The van der Waals surface area contributed by atoms with Crippen LogP contribution in [0.1, 0.15) is 0 Å². The molecule has 1 aromatic heterocycles. The van der Waals surface area contributed by atoms with E-state index in [2.05, 4.69) is 4.98 Å². The summed E-state index contributed by atoms with van der Waals surface area (Å²) in [6, 6.07) is 0. The van der Waals surface area contributed by atoms with Crippen LogP contribution in [-0.2, 0) is 0 Å². The van der Waals surface area contributed by atoms with Crippen molar-refractivity contribution in [3.8, 4) is 0 Å². The van der Waals surface area contributed by atoms with Crippen LogP contribution in [0.2, 0.25) is 15.3 Å². The monoisotopic (exact) mass is 241 g/mol. The third kappa shape index (κ3) is 1.77. The van der Waals surface area contributed by atoms with Crippen molar-refractivity contribution < 1.29 is 4.92 Å². The molecule has 0 saturated carbocycles. The first kappa shape index (κ1) is 10.3. The minimum absolute atomic E-state index is 0.158. The summed E-state index contributed by atoms with van der Waals surface area (Å²) >= 11 is 16.4. The Labute approximate surface area is 87.6 Å². The molecule has 70 valence electrons. The highest BCUT2D eigenvalue weighted by Gasteiger charge is 2.23. The lowest BCUT2D eigenvalue weighted by atomic mass is 10.3. The summed E-state index contributed by atoms with van der Waals surface area (Å²) < 4.78 is 0. The Morgan fingerprint density at radius 2 is 1.85 bits per heavy atom. The van der Waals surface area contributed by atoms with Crippen LogP contribution in [-0.4, -0.2) is 9.91 Å². The van der Waals surface area contributed by atoms with Crippen LogP contribution in [0.15, 0.2) is 0 Å². The predicted octanol–water partition coefficient (Wildman–Crippen LogP) is 2.53. The van der Waals surface area contributed by atoms with Crippen LogP contribution in [0.5, 0.6) is 0 Å². The lowest BCUT2D eigenvalue weighted by molar-refractivity contribution is -0.384. The molecule has 0 radical (unpaired) electrons. The molecule has 0 fully saturated rings. The van der Waals surface area contributed by atoms with Crippen LogP contribution in [0.3, 0.4) is 0 Å². The maximum absolute atomic E-state index is 10.4. The van der Waals surface area contributed by atoms with Gasteiger partial charge in [-0.25, -0.2) is 4.98 Å². The summed E-state index contributed by atoms with van der Waals surface area (Å²) in [4.78, 5) is 13.1. The van der Waals surface area contributed by atoms with Gasteiger partial charge in [-0.2, -0.15) is 0 Å². The fraction of sp³-hybridized carbons (Fsp3) is 0. The molecule has 1 rings (SSSR count). The highest BCUT2D eigenvalue weighted by molar-refractivity contribution is 6.44. The zero-order valence-electron chi connectivity index (χ0n) is 5.92. The van der Waals surface area contributed by atoms with E-state index in [1.807, 2.05) is 0 Å². The van der Waals surface area contributed by atoms with Crippen molar-refractivity contribution in [3.05, 3.63) is 25.4 Å². The SMILES string of the molecule is Nc1c(Cl)c(Cl)nc(Cl)c1[N+](=O)[O-]. The van der Waals surface area contributed by atoms with Crippen molar-refractivity contribution in [3.63, 3.8) is 0 Å².